The molecule has 0 unspecified atom stereocenters. The molecule has 80 valence electrons. The molecule has 1 aromatic carbocycles. The molecule has 0 bridgehead atoms. The van der Waals surface area contributed by atoms with Crippen molar-refractivity contribution in [2.24, 2.45) is 0 Å². The Hall–Kier alpha value is -1.49. The first kappa shape index (κ1) is 11.6. The van der Waals surface area contributed by atoms with Crippen LogP contribution in [0.3, 0.4) is 0 Å². The number of benzene rings is 1. The average molecular weight is 203 g/mol. The summed E-state index contributed by atoms with van der Waals surface area (Å²) < 4.78 is 5.42. The minimum Gasteiger partial charge on any atom is -0.496 e. The van der Waals surface area contributed by atoms with E-state index in [0.717, 1.165) is 28.9 Å². The predicted molar refractivity (Wildman–Crippen MR) is 61.2 cm³/mol. The third-order valence-corrected chi connectivity index (χ3v) is 2.53. The zero-order chi connectivity index (χ0) is 11.4. The SMILES string of the molecule is CCc1cc(C#N)cc(C(C)C)c1OC. The van der Waals surface area contributed by atoms with E-state index in [2.05, 4.69) is 26.8 Å². The predicted octanol–water partition coefficient (Wildman–Crippen LogP) is 3.25. The maximum absolute atomic E-state index is 8.94. The second-order valence-electron chi connectivity index (χ2n) is 3.88. The van der Waals surface area contributed by atoms with Gasteiger partial charge >= 0.3 is 0 Å². The zero-order valence-electron chi connectivity index (χ0n) is 9.79. The molecular weight excluding hydrogens is 186 g/mol. The Kier molecular flexibility index (Phi) is 3.74. The van der Waals surface area contributed by atoms with E-state index in [0.29, 0.717) is 5.92 Å². The zero-order valence-corrected chi connectivity index (χ0v) is 9.79. The smallest absolute Gasteiger partial charge is 0.125 e. The highest BCUT2D eigenvalue weighted by Gasteiger charge is 2.12. The summed E-state index contributed by atoms with van der Waals surface area (Å²) >= 11 is 0. The van der Waals surface area contributed by atoms with Gasteiger partial charge in [-0.2, -0.15) is 5.26 Å². The van der Waals surface area contributed by atoms with Gasteiger partial charge < -0.3 is 4.74 Å². The summed E-state index contributed by atoms with van der Waals surface area (Å²) in [6, 6.07) is 6.02. The Morgan fingerprint density at radius 3 is 2.47 bits per heavy atom. The normalized spacial score (nSPS) is 10.1. The molecule has 2 nitrogen and oxygen atoms in total. The van der Waals surface area contributed by atoms with Gasteiger partial charge in [-0.05, 0) is 35.6 Å². The molecule has 0 radical (unpaired) electrons. The molecular formula is C13H17NO. The lowest BCUT2D eigenvalue weighted by molar-refractivity contribution is 0.403. The van der Waals surface area contributed by atoms with Crippen LogP contribution < -0.4 is 4.74 Å². The van der Waals surface area contributed by atoms with Crippen molar-refractivity contribution in [3.63, 3.8) is 0 Å². The van der Waals surface area contributed by atoms with Crippen molar-refractivity contribution < 1.29 is 4.74 Å². The molecule has 0 amide bonds. The third-order valence-electron chi connectivity index (χ3n) is 2.53. The number of aryl methyl sites for hydroxylation is 1. The van der Waals surface area contributed by atoms with Crippen LogP contribution in [0.25, 0.3) is 0 Å². The summed E-state index contributed by atoms with van der Waals surface area (Å²) in [5.74, 6) is 1.31. The minimum atomic E-state index is 0.374. The number of rotatable bonds is 3. The summed E-state index contributed by atoms with van der Waals surface area (Å²) in [6.07, 6.45) is 0.887. The number of hydrogen-bond donors (Lipinski definition) is 0. The summed E-state index contributed by atoms with van der Waals surface area (Å²) in [7, 11) is 1.69. The standard InChI is InChI=1S/C13H17NO/c1-5-11-6-10(8-14)7-12(9(2)3)13(11)15-4/h6-7,9H,5H2,1-4H3. The largest absolute Gasteiger partial charge is 0.496 e. The van der Waals surface area contributed by atoms with E-state index < -0.39 is 0 Å². The Balaban J connectivity index is 3.40. The van der Waals surface area contributed by atoms with Gasteiger partial charge in [-0.15, -0.1) is 0 Å². The highest BCUT2D eigenvalue weighted by molar-refractivity contribution is 5.49. The highest BCUT2D eigenvalue weighted by atomic mass is 16.5. The molecule has 0 saturated heterocycles. The van der Waals surface area contributed by atoms with E-state index in [-0.39, 0.29) is 0 Å². The van der Waals surface area contributed by atoms with Crippen LogP contribution in [-0.4, -0.2) is 7.11 Å². The molecule has 0 N–H and O–H groups in total. The van der Waals surface area contributed by atoms with Crippen LogP contribution >= 0.6 is 0 Å². The number of ether oxygens (including phenoxy) is 1. The lowest BCUT2D eigenvalue weighted by Gasteiger charge is -2.15. The molecule has 0 aliphatic heterocycles. The summed E-state index contributed by atoms with van der Waals surface area (Å²) in [4.78, 5) is 0. The first-order valence-corrected chi connectivity index (χ1v) is 5.24. The summed E-state index contributed by atoms with van der Waals surface area (Å²) in [5, 5.41) is 8.94. The van der Waals surface area contributed by atoms with Gasteiger partial charge in [0.05, 0.1) is 18.7 Å². The van der Waals surface area contributed by atoms with Crippen molar-refractivity contribution >= 4 is 0 Å². The first-order valence-electron chi connectivity index (χ1n) is 5.24. The van der Waals surface area contributed by atoms with E-state index in [1.54, 1.807) is 7.11 Å². The molecule has 15 heavy (non-hydrogen) atoms. The third kappa shape index (κ3) is 2.30. The van der Waals surface area contributed by atoms with Gasteiger partial charge in [0.2, 0.25) is 0 Å². The maximum atomic E-state index is 8.94. The molecule has 0 aliphatic rings. The molecule has 0 saturated carbocycles. The van der Waals surface area contributed by atoms with Crippen molar-refractivity contribution in [3.05, 3.63) is 28.8 Å². The van der Waals surface area contributed by atoms with Crippen molar-refractivity contribution in [1.82, 2.24) is 0 Å². The lowest BCUT2D eigenvalue weighted by Crippen LogP contribution is -1.99. The molecule has 0 heterocycles. The van der Waals surface area contributed by atoms with Crippen LogP contribution in [-0.2, 0) is 6.42 Å². The van der Waals surface area contributed by atoms with Crippen LogP contribution in [0.4, 0.5) is 0 Å². The van der Waals surface area contributed by atoms with Crippen molar-refractivity contribution in [3.8, 4) is 11.8 Å². The Morgan fingerprint density at radius 1 is 1.40 bits per heavy atom. The fourth-order valence-electron chi connectivity index (χ4n) is 1.72. The molecule has 0 atom stereocenters. The molecule has 1 aromatic rings. The second-order valence-corrected chi connectivity index (χ2v) is 3.88. The molecule has 0 aliphatic carbocycles. The van der Waals surface area contributed by atoms with Crippen LogP contribution in [0.2, 0.25) is 0 Å². The van der Waals surface area contributed by atoms with Crippen molar-refractivity contribution in [1.29, 1.82) is 5.26 Å². The van der Waals surface area contributed by atoms with Crippen LogP contribution in [0.1, 0.15) is 43.4 Å². The van der Waals surface area contributed by atoms with E-state index in [9.17, 15) is 0 Å². The Bertz CT molecular complexity index is 388. The fraction of sp³-hybridized carbons (Fsp3) is 0.462. The molecule has 0 fully saturated rings. The van der Waals surface area contributed by atoms with Crippen molar-refractivity contribution in [2.45, 2.75) is 33.1 Å². The second kappa shape index (κ2) is 4.84. The van der Waals surface area contributed by atoms with E-state index in [4.69, 9.17) is 10.00 Å². The maximum Gasteiger partial charge on any atom is 0.125 e. The van der Waals surface area contributed by atoms with Gasteiger partial charge in [0.1, 0.15) is 5.75 Å². The van der Waals surface area contributed by atoms with Crippen LogP contribution in [0, 0.1) is 11.3 Å². The molecule has 0 spiro atoms. The molecule has 1 rings (SSSR count). The van der Waals surface area contributed by atoms with Gasteiger partial charge in [-0.3, -0.25) is 0 Å². The van der Waals surface area contributed by atoms with Gasteiger partial charge in [0, 0.05) is 0 Å². The topological polar surface area (TPSA) is 33.0 Å². The van der Waals surface area contributed by atoms with Gasteiger partial charge in [0.25, 0.3) is 0 Å². The lowest BCUT2D eigenvalue weighted by atomic mass is 9.95. The summed E-state index contributed by atoms with van der Waals surface area (Å²) in [6.45, 7) is 6.29. The van der Waals surface area contributed by atoms with E-state index in [1.165, 1.54) is 0 Å². The number of nitrogens with zero attached hydrogens (tertiary/aromatic N) is 1. The average Bonchev–Trinajstić information content (AvgIpc) is 2.26. The fourth-order valence-corrected chi connectivity index (χ4v) is 1.72. The number of hydrogen-bond acceptors (Lipinski definition) is 2. The van der Waals surface area contributed by atoms with Crippen LogP contribution in [0.15, 0.2) is 12.1 Å². The van der Waals surface area contributed by atoms with E-state index in [1.807, 2.05) is 12.1 Å². The monoisotopic (exact) mass is 203 g/mol. The van der Waals surface area contributed by atoms with Gasteiger partial charge in [0.15, 0.2) is 0 Å². The quantitative estimate of drug-likeness (QED) is 0.755. The minimum absolute atomic E-state index is 0.374. The first-order chi connectivity index (χ1) is 7.13. The van der Waals surface area contributed by atoms with Crippen molar-refractivity contribution in [2.75, 3.05) is 7.11 Å². The highest BCUT2D eigenvalue weighted by Crippen LogP contribution is 2.31. The summed E-state index contributed by atoms with van der Waals surface area (Å²) in [5.41, 5.74) is 2.95. The van der Waals surface area contributed by atoms with Gasteiger partial charge in [-0.25, -0.2) is 0 Å². The van der Waals surface area contributed by atoms with E-state index >= 15 is 0 Å². The Morgan fingerprint density at radius 2 is 2.07 bits per heavy atom. The number of nitriles is 1. The molecule has 2 heteroatoms. The Labute approximate surface area is 91.5 Å². The van der Waals surface area contributed by atoms with Crippen LogP contribution in [0.5, 0.6) is 5.75 Å². The van der Waals surface area contributed by atoms with Gasteiger partial charge in [-0.1, -0.05) is 20.8 Å². The molecule has 0 aromatic heterocycles. The number of methoxy groups -OCH3 is 1.